The van der Waals surface area contributed by atoms with Crippen LogP contribution >= 0.6 is 11.6 Å². The molecule has 0 aliphatic rings. The molecular formula is C25H26ClNO2S. The first-order valence-corrected chi connectivity index (χ1v) is 11.4. The van der Waals surface area contributed by atoms with Crippen molar-refractivity contribution in [3.8, 4) is 0 Å². The molecule has 0 saturated carbocycles. The van der Waals surface area contributed by atoms with Crippen LogP contribution in [0.1, 0.15) is 23.1 Å². The maximum atomic E-state index is 13.7. The summed E-state index contributed by atoms with van der Waals surface area (Å²) in [5.41, 5.74) is 1.86. The molecule has 0 heterocycles. The summed E-state index contributed by atoms with van der Waals surface area (Å²) < 4.78 is 12.8. The number of nitrogens with zero attached hydrogens (tertiary/aromatic N) is 1. The van der Waals surface area contributed by atoms with Gasteiger partial charge in [0.25, 0.3) is 0 Å². The van der Waals surface area contributed by atoms with E-state index in [-0.39, 0.29) is 12.3 Å². The highest BCUT2D eigenvalue weighted by molar-refractivity contribution is 7.87. The minimum atomic E-state index is -1.54. The van der Waals surface area contributed by atoms with E-state index in [4.69, 9.17) is 11.6 Å². The number of carbonyl (C=O) groups excluding carboxylic acids is 1. The average Bonchev–Trinajstić information content (AvgIpc) is 2.78. The minimum absolute atomic E-state index is 0.0748. The van der Waals surface area contributed by atoms with E-state index in [1.165, 1.54) is 0 Å². The van der Waals surface area contributed by atoms with Crippen molar-refractivity contribution in [2.75, 3.05) is 14.1 Å². The van der Waals surface area contributed by atoms with Crippen LogP contribution in [-0.2, 0) is 21.0 Å². The van der Waals surface area contributed by atoms with E-state index in [0.29, 0.717) is 4.90 Å². The molecule has 0 radical (unpaired) electrons. The monoisotopic (exact) mass is 439 g/mol. The summed E-state index contributed by atoms with van der Waals surface area (Å²) in [6.45, 7) is 1.98. The van der Waals surface area contributed by atoms with E-state index >= 15 is 0 Å². The SMILES string of the molecule is Cc1ccc(S(=O)C(Cl)C(CC(=O)N(C)C)(c2ccccc2)c2ccccc2)cc1. The van der Waals surface area contributed by atoms with Crippen molar-refractivity contribution >= 4 is 28.3 Å². The van der Waals surface area contributed by atoms with Gasteiger partial charge in [0.15, 0.2) is 0 Å². The third-order valence-corrected chi connectivity index (χ3v) is 7.71. The van der Waals surface area contributed by atoms with Gasteiger partial charge in [0.05, 0.1) is 16.2 Å². The van der Waals surface area contributed by atoms with Gasteiger partial charge < -0.3 is 4.90 Å². The first-order valence-electron chi connectivity index (χ1n) is 9.79. The van der Waals surface area contributed by atoms with E-state index in [0.717, 1.165) is 16.7 Å². The fourth-order valence-corrected chi connectivity index (χ4v) is 5.56. The number of benzene rings is 3. The third-order valence-electron chi connectivity index (χ3n) is 5.34. The lowest BCUT2D eigenvalue weighted by Crippen LogP contribution is -2.44. The zero-order chi connectivity index (χ0) is 21.7. The molecule has 0 aliphatic heterocycles. The third kappa shape index (κ3) is 4.50. The number of amides is 1. The topological polar surface area (TPSA) is 37.4 Å². The summed E-state index contributed by atoms with van der Waals surface area (Å²) in [4.78, 5) is 15.2. The Bertz CT molecular complexity index is 965. The fourth-order valence-electron chi connectivity index (χ4n) is 3.56. The summed E-state index contributed by atoms with van der Waals surface area (Å²) in [5.74, 6) is -0.0748. The van der Waals surface area contributed by atoms with Gasteiger partial charge in [0, 0.05) is 25.4 Å². The number of halogens is 1. The fraction of sp³-hybridized carbons (Fsp3) is 0.240. The lowest BCUT2D eigenvalue weighted by atomic mass is 9.73. The zero-order valence-electron chi connectivity index (χ0n) is 17.4. The van der Waals surface area contributed by atoms with Gasteiger partial charge in [-0.25, -0.2) is 0 Å². The predicted octanol–water partition coefficient (Wildman–Crippen LogP) is 5.13. The van der Waals surface area contributed by atoms with Gasteiger partial charge in [-0.1, -0.05) is 78.4 Å². The second-order valence-corrected chi connectivity index (χ2v) is 9.83. The predicted molar refractivity (Wildman–Crippen MR) is 124 cm³/mol. The van der Waals surface area contributed by atoms with Crippen LogP contribution in [0.25, 0.3) is 0 Å². The van der Waals surface area contributed by atoms with Crippen LogP contribution in [0.4, 0.5) is 0 Å². The van der Waals surface area contributed by atoms with E-state index < -0.39 is 20.9 Å². The van der Waals surface area contributed by atoms with E-state index in [1.807, 2.05) is 91.9 Å². The van der Waals surface area contributed by atoms with Crippen molar-refractivity contribution in [3.63, 3.8) is 0 Å². The second-order valence-electron chi connectivity index (χ2n) is 7.59. The number of carbonyl (C=O) groups is 1. The Balaban J connectivity index is 2.22. The van der Waals surface area contributed by atoms with Crippen LogP contribution in [0, 0.1) is 6.92 Å². The number of hydrogen-bond donors (Lipinski definition) is 0. The van der Waals surface area contributed by atoms with Crippen LogP contribution in [0.15, 0.2) is 89.8 Å². The zero-order valence-corrected chi connectivity index (χ0v) is 19.0. The lowest BCUT2D eigenvalue weighted by Gasteiger charge is -2.38. The molecular weight excluding hydrogens is 414 g/mol. The van der Waals surface area contributed by atoms with Crippen molar-refractivity contribution in [1.82, 2.24) is 4.90 Å². The average molecular weight is 440 g/mol. The Morgan fingerprint density at radius 1 is 0.900 bits per heavy atom. The lowest BCUT2D eigenvalue weighted by molar-refractivity contribution is -0.129. The Morgan fingerprint density at radius 3 is 1.80 bits per heavy atom. The maximum Gasteiger partial charge on any atom is 0.223 e. The Kier molecular flexibility index (Phi) is 7.11. The molecule has 3 rings (SSSR count). The maximum absolute atomic E-state index is 13.7. The largest absolute Gasteiger partial charge is 0.349 e. The Labute approximate surface area is 186 Å². The van der Waals surface area contributed by atoms with Gasteiger partial charge in [-0.15, -0.1) is 11.6 Å². The van der Waals surface area contributed by atoms with Crippen LogP contribution < -0.4 is 0 Å². The number of aryl methyl sites for hydroxylation is 1. The van der Waals surface area contributed by atoms with Crippen LogP contribution in [-0.4, -0.2) is 33.8 Å². The molecule has 0 spiro atoms. The van der Waals surface area contributed by atoms with Crippen molar-refractivity contribution in [2.45, 2.75) is 28.4 Å². The summed E-state index contributed by atoms with van der Waals surface area (Å²) >= 11 is 7.08. The first kappa shape index (κ1) is 22.3. The van der Waals surface area contributed by atoms with Gasteiger partial charge in [0.1, 0.15) is 4.71 Å². The molecule has 3 aromatic rings. The van der Waals surface area contributed by atoms with Crippen LogP contribution in [0.5, 0.6) is 0 Å². The van der Waals surface area contributed by atoms with Crippen molar-refractivity contribution in [2.24, 2.45) is 0 Å². The number of hydrogen-bond acceptors (Lipinski definition) is 2. The molecule has 0 saturated heterocycles. The van der Waals surface area contributed by atoms with Crippen LogP contribution in [0.3, 0.4) is 0 Å². The first-order chi connectivity index (χ1) is 14.4. The summed E-state index contributed by atoms with van der Waals surface area (Å²) in [5, 5.41) is 0. The molecule has 0 aliphatic carbocycles. The molecule has 2 unspecified atom stereocenters. The molecule has 0 aromatic heterocycles. The highest BCUT2D eigenvalue weighted by Crippen LogP contribution is 2.44. The van der Waals surface area contributed by atoms with Gasteiger partial charge >= 0.3 is 0 Å². The van der Waals surface area contributed by atoms with Gasteiger partial charge in [0.2, 0.25) is 5.91 Å². The van der Waals surface area contributed by atoms with Crippen molar-refractivity contribution in [3.05, 3.63) is 102 Å². The van der Waals surface area contributed by atoms with Crippen molar-refractivity contribution < 1.29 is 9.00 Å². The highest BCUT2D eigenvalue weighted by atomic mass is 35.5. The molecule has 3 aromatic carbocycles. The quantitative estimate of drug-likeness (QED) is 0.478. The molecule has 0 N–H and O–H groups in total. The van der Waals surface area contributed by atoms with Gasteiger partial charge in [-0.3, -0.25) is 9.00 Å². The number of rotatable bonds is 7. The molecule has 156 valence electrons. The summed E-state index contributed by atoms with van der Waals surface area (Å²) in [6, 6.07) is 26.9. The molecule has 3 nitrogen and oxygen atoms in total. The molecule has 30 heavy (non-hydrogen) atoms. The molecule has 0 bridgehead atoms. The van der Waals surface area contributed by atoms with E-state index in [1.54, 1.807) is 19.0 Å². The number of alkyl halides is 1. The standard InChI is InChI=1S/C25H26ClNO2S/c1-19-14-16-22(17-15-19)30(29)24(26)25(18-23(28)27(2)3,20-10-6-4-7-11-20)21-12-8-5-9-13-21/h4-17,24H,18H2,1-3H3. The van der Waals surface area contributed by atoms with Crippen LogP contribution in [0.2, 0.25) is 0 Å². The van der Waals surface area contributed by atoms with E-state index in [9.17, 15) is 9.00 Å². The molecule has 2 atom stereocenters. The Morgan fingerprint density at radius 2 is 1.37 bits per heavy atom. The second kappa shape index (κ2) is 9.59. The van der Waals surface area contributed by atoms with Crippen molar-refractivity contribution in [1.29, 1.82) is 0 Å². The molecule has 5 heteroatoms. The summed E-state index contributed by atoms with van der Waals surface area (Å²) in [6.07, 6.45) is 0.111. The highest BCUT2D eigenvalue weighted by Gasteiger charge is 2.46. The Hall–Kier alpha value is -2.43. The summed E-state index contributed by atoms with van der Waals surface area (Å²) in [7, 11) is 1.91. The van der Waals surface area contributed by atoms with Gasteiger partial charge in [-0.2, -0.15) is 0 Å². The molecule has 0 fully saturated rings. The smallest absolute Gasteiger partial charge is 0.223 e. The minimum Gasteiger partial charge on any atom is -0.349 e. The normalized spacial score (nSPS) is 13.5. The van der Waals surface area contributed by atoms with E-state index in [2.05, 4.69) is 0 Å². The van der Waals surface area contributed by atoms with Gasteiger partial charge in [-0.05, 0) is 30.2 Å². The molecule has 1 amide bonds.